The molecule has 1 aliphatic carbocycles. The summed E-state index contributed by atoms with van der Waals surface area (Å²) >= 11 is 1.13. The van der Waals surface area contributed by atoms with E-state index in [1.54, 1.807) is 10.9 Å². The van der Waals surface area contributed by atoms with Crippen molar-refractivity contribution in [3.05, 3.63) is 53.6 Å². The van der Waals surface area contributed by atoms with Crippen molar-refractivity contribution in [3.8, 4) is 22.0 Å². The monoisotopic (exact) mass is 661 g/mol. The highest BCUT2D eigenvalue weighted by atomic mass is 32.1. The van der Waals surface area contributed by atoms with E-state index in [1.807, 2.05) is 6.92 Å². The summed E-state index contributed by atoms with van der Waals surface area (Å²) < 4.78 is 43.0. The molecule has 17 heteroatoms. The Labute approximate surface area is 265 Å². The zero-order valence-corrected chi connectivity index (χ0v) is 25.4. The van der Waals surface area contributed by atoms with Crippen molar-refractivity contribution >= 4 is 22.9 Å². The fourth-order valence-corrected chi connectivity index (χ4v) is 6.50. The maximum Gasteiger partial charge on any atom is 0.275 e. The second kappa shape index (κ2) is 13.6. The van der Waals surface area contributed by atoms with Crippen LogP contribution >= 0.6 is 11.3 Å². The zero-order chi connectivity index (χ0) is 32.5. The molecule has 1 aliphatic heterocycles. The van der Waals surface area contributed by atoms with Gasteiger partial charge in [0.1, 0.15) is 46.5 Å². The van der Waals surface area contributed by atoms with E-state index in [-0.39, 0.29) is 34.9 Å². The Kier molecular flexibility index (Phi) is 9.51. The highest BCUT2D eigenvalue weighted by Gasteiger charge is 2.44. The molecule has 0 spiro atoms. The molecule has 0 bridgehead atoms. The molecule has 5 unspecified atom stereocenters. The quantitative estimate of drug-likeness (QED) is 0.166. The largest absolute Gasteiger partial charge is 0.394 e. The number of aliphatic hydroxyl groups excluding tert-OH is 4. The molecule has 5 atom stereocenters. The fraction of sp³-hybridized carbons (Fsp3) is 0.483. The van der Waals surface area contributed by atoms with Crippen molar-refractivity contribution < 1.29 is 43.5 Å². The van der Waals surface area contributed by atoms with Gasteiger partial charge < -0.3 is 35.2 Å². The van der Waals surface area contributed by atoms with Crippen LogP contribution in [0.25, 0.3) is 22.0 Å². The number of carbonyl (C=O) groups is 1. The van der Waals surface area contributed by atoms with Crippen LogP contribution in [0.15, 0.2) is 36.1 Å². The van der Waals surface area contributed by atoms with Gasteiger partial charge in [0.2, 0.25) is 5.95 Å². The molecular weight excluding hydrogens is 628 g/mol. The van der Waals surface area contributed by atoms with Crippen molar-refractivity contribution in [1.29, 1.82) is 0 Å². The van der Waals surface area contributed by atoms with Gasteiger partial charge in [0.05, 0.1) is 30.6 Å². The molecule has 2 aliphatic rings. The number of ether oxygens (including phenoxy) is 2. The number of amides is 1. The average Bonchev–Trinajstić information content (AvgIpc) is 3.82. The number of nitrogens with one attached hydrogen (secondary N) is 1. The number of hydrogen-bond donors (Lipinski definition) is 5. The van der Waals surface area contributed by atoms with Crippen LogP contribution in [0.3, 0.4) is 0 Å². The Morgan fingerprint density at radius 2 is 1.85 bits per heavy atom. The highest BCUT2D eigenvalue weighted by molar-refractivity contribution is 7.13. The van der Waals surface area contributed by atoms with Crippen LogP contribution in [-0.2, 0) is 9.47 Å². The molecule has 46 heavy (non-hydrogen) atoms. The van der Waals surface area contributed by atoms with Gasteiger partial charge in [-0.3, -0.25) is 9.48 Å². The van der Waals surface area contributed by atoms with Crippen molar-refractivity contribution in [1.82, 2.24) is 29.5 Å². The lowest BCUT2D eigenvalue weighted by Gasteiger charge is -2.39. The summed E-state index contributed by atoms with van der Waals surface area (Å²) in [5.41, 5.74) is 0.275. The molecule has 1 amide bonds. The van der Waals surface area contributed by atoms with Gasteiger partial charge in [0.15, 0.2) is 12.0 Å². The van der Waals surface area contributed by atoms with Crippen molar-refractivity contribution in [2.45, 2.75) is 75.4 Å². The standard InChI is InChI=1S/C29H33F2N7O7S/c1-2-44-16-5-3-15(4-6-16)37-11-18(23(36-37)22-17(30)7-8-21(31)35-22)33-27(43)19-13-46-28(34-19)14-9-32-38(10-14)29-26(42)25(41)24(40)20(12-39)45-29/h7-11,13,15-16,20,24-26,29,39-42H,2-6,12H2,1H3,(H,33,43)/t15-,16-,20?,24?,25?,26?,29?. The van der Waals surface area contributed by atoms with Crippen molar-refractivity contribution in [3.63, 3.8) is 0 Å². The van der Waals surface area contributed by atoms with Gasteiger partial charge in [0.25, 0.3) is 5.91 Å². The van der Waals surface area contributed by atoms with Gasteiger partial charge in [-0.2, -0.15) is 14.6 Å². The number of rotatable bonds is 9. The second-order valence-electron chi connectivity index (χ2n) is 11.1. The van der Waals surface area contributed by atoms with E-state index in [0.717, 1.165) is 49.2 Å². The number of carbonyl (C=O) groups excluding carboxylic acids is 1. The summed E-state index contributed by atoms with van der Waals surface area (Å²) in [5, 5.41) is 53.4. The third-order valence-electron chi connectivity index (χ3n) is 8.15. The summed E-state index contributed by atoms with van der Waals surface area (Å²) in [6, 6.07) is 1.82. The first kappa shape index (κ1) is 32.2. The lowest BCUT2D eigenvalue weighted by atomic mass is 9.93. The SMILES string of the molecule is CCO[C@H]1CC[C@H](n2cc(NC(=O)c3csc(-c4cnn(C5OC(CO)C(O)C(O)C5O)c4)n3)c(-c3nc(F)ccc3F)n2)CC1. The average molecular weight is 662 g/mol. The first-order chi connectivity index (χ1) is 22.2. The maximum atomic E-state index is 14.8. The minimum absolute atomic E-state index is 0.0199. The smallest absolute Gasteiger partial charge is 0.275 e. The molecule has 6 rings (SSSR count). The minimum Gasteiger partial charge on any atom is -0.394 e. The third-order valence-corrected chi connectivity index (χ3v) is 9.04. The molecular formula is C29H33F2N7O7S. The van der Waals surface area contributed by atoms with Crippen LogP contribution in [-0.4, -0.2) is 99.6 Å². The van der Waals surface area contributed by atoms with Gasteiger partial charge in [-0.15, -0.1) is 11.3 Å². The number of nitrogens with zero attached hydrogens (tertiary/aromatic N) is 6. The second-order valence-corrected chi connectivity index (χ2v) is 12.0. The molecule has 4 aromatic heterocycles. The number of aromatic nitrogens is 6. The normalized spacial score (nSPS) is 26.7. The minimum atomic E-state index is -1.57. The lowest BCUT2D eigenvalue weighted by Crippen LogP contribution is -2.56. The van der Waals surface area contributed by atoms with E-state index >= 15 is 0 Å². The molecule has 5 heterocycles. The van der Waals surface area contributed by atoms with Crippen molar-refractivity contribution in [2.24, 2.45) is 0 Å². The summed E-state index contributed by atoms with van der Waals surface area (Å²) in [4.78, 5) is 21.5. The summed E-state index contributed by atoms with van der Waals surface area (Å²) in [7, 11) is 0. The van der Waals surface area contributed by atoms with Crippen LogP contribution in [0.1, 0.15) is 55.4 Å². The Morgan fingerprint density at radius 1 is 1.07 bits per heavy atom. The number of pyridine rings is 1. The zero-order valence-electron chi connectivity index (χ0n) is 24.6. The van der Waals surface area contributed by atoms with E-state index in [0.29, 0.717) is 17.2 Å². The van der Waals surface area contributed by atoms with E-state index in [1.165, 1.54) is 22.5 Å². The fourth-order valence-electron chi connectivity index (χ4n) is 5.73. The maximum absolute atomic E-state index is 14.8. The molecule has 5 N–H and O–H groups in total. The van der Waals surface area contributed by atoms with Gasteiger partial charge in [-0.1, -0.05) is 0 Å². The van der Waals surface area contributed by atoms with Crippen LogP contribution in [0.5, 0.6) is 0 Å². The predicted octanol–water partition coefficient (Wildman–Crippen LogP) is 2.29. The number of halogens is 2. The van der Waals surface area contributed by atoms with E-state index in [9.17, 15) is 34.0 Å². The van der Waals surface area contributed by atoms with E-state index in [4.69, 9.17) is 9.47 Å². The predicted molar refractivity (Wildman–Crippen MR) is 159 cm³/mol. The Morgan fingerprint density at radius 3 is 2.59 bits per heavy atom. The topological polar surface area (TPSA) is 190 Å². The van der Waals surface area contributed by atoms with Gasteiger partial charge in [-0.25, -0.2) is 19.0 Å². The Balaban J connectivity index is 1.22. The first-order valence-corrected chi connectivity index (χ1v) is 15.7. The summed E-state index contributed by atoms with van der Waals surface area (Å²) in [6.45, 7) is 1.99. The first-order valence-electron chi connectivity index (χ1n) is 14.8. The van der Waals surface area contributed by atoms with Gasteiger partial charge in [0, 0.05) is 29.9 Å². The number of aliphatic hydroxyl groups is 4. The molecule has 0 aromatic carbocycles. The lowest BCUT2D eigenvalue weighted by molar-refractivity contribution is -0.253. The van der Waals surface area contributed by atoms with Gasteiger partial charge >= 0.3 is 0 Å². The number of anilines is 1. The molecule has 2 fully saturated rings. The molecule has 1 saturated carbocycles. The van der Waals surface area contributed by atoms with Gasteiger partial charge in [-0.05, 0) is 44.7 Å². The number of hydrogen-bond acceptors (Lipinski definition) is 12. The van der Waals surface area contributed by atoms with Crippen LogP contribution in [0.4, 0.5) is 14.5 Å². The van der Waals surface area contributed by atoms with Crippen molar-refractivity contribution in [2.75, 3.05) is 18.5 Å². The highest BCUT2D eigenvalue weighted by Crippen LogP contribution is 2.35. The molecule has 246 valence electrons. The van der Waals surface area contributed by atoms with Crippen LogP contribution in [0.2, 0.25) is 0 Å². The summed E-state index contributed by atoms with van der Waals surface area (Å²) in [6.07, 6.45) is 0.851. The third kappa shape index (κ3) is 6.44. The molecule has 1 saturated heterocycles. The molecule has 4 aromatic rings. The Hall–Kier alpha value is -3.71. The van der Waals surface area contributed by atoms with E-state index in [2.05, 4.69) is 25.5 Å². The summed E-state index contributed by atoms with van der Waals surface area (Å²) in [5.74, 6) is -2.31. The van der Waals surface area contributed by atoms with E-state index < -0.39 is 54.9 Å². The Bertz CT molecular complexity index is 1670. The molecule has 14 nitrogen and oxygen atoms in total. The number of thiazole rings is 1. The van der Waals surface area contributed by atoms with Crippen LogP contribution in [0, 0.1) is 11.8 Å². The molecule has 0 radical (unpaired) electrons. The van der Waals surface area contributed by atoms with Crippen LogP contribution < -0.4 is 5.32 Å².